The van der Waals surface area contributed by atoms with Gasteiger partial charge in [-0.15, -0.1) is 0 Å². The standard InChI is InChI=1S/C22H16ClF3N4/c23-18-10-3-1-6-14(18)13-27-20-17-9-2-4-11-19(17)29-21(30-20)28-16-8-5-7-15(12-16)22(24,25)26/h1-12H,13H2,(H2,27,28,29,30). The van der Waals surface area contributed by atoms with Crippen molar-refractivity contribution in [2.75, 3.05) is 10.6 Å². The Kier molecular flexibility index (Phi) is 5.46. The molecule has 0 saturated heterocycles. The molecule has 0 spiro atoms. The van der Waals surface area contributed by atoms with E-state index >= 15 is 0 Å². The van der Waals surface area contributed by atoms with E-state index in [1.54, 1.807) is 6.07 Å². The van der Waals surface area contributed by atoms with E-state index in [4.69, 9.17) is 11.6 Å². The molecule has 0 radical (unpaired) electrons. The minimum atomic E-state index is -4.43. The second kappa shape index (κ2) is 8.20. The molecule has 4 aromatic rings. The molecule has 0 bridgehead atoms. The molecule has 4 nitrogen and oxygen atoms in total. The van der Waals surface area contributed by atoms with Crippen molar-refractivity contribution in [3.8, 4) is 0 Å². The summed E-state index contributed by atoms with van der Waals surface area (Å²) in [6.07, 6.45) is -4.43. The van der Waals surface area contributed by atoms with Crippen LogP contribution in [-0.2, 0) is 12.7 Å². The van der Waals surface area contributed by atoms with Gasteiger partial charge in [-0.05, 0) is 42.0 Å². The van der Waals surface area contributed by atoms with Gasteiger partial charge in [0.05, 0.1) is 11.1 Å². The van der Waals surface area contributed by atoms with Gasteiger partial charge in [0.15, 0.2) is 0 Å². The van der Waals surface area contributed by atoms with Gasteiger partial charge in [0.25, 0.3) is 0 Å². The maximum atomic E-state index is 13.0. The van der Waals surface area contributed by atoms with Crippen molar-refractivity contribution in [3.63, 3.8) is 0 Å². The highest BCUT2D eigenvalue weighted by Crippen LogP contribution is 2.31. The van der Waals surface area contributed by atoms with Crippen molar-refractivity contribution in [2.24, 2.45) is 0 Å². The molecule has 0 aliphatic heterocycles. The molecule has 0 amide bonds. The fraction of sp³-hybridized carbons (Fsp3) is 0.0909. The summed E-state index contributed by atoms with van der Waals surface area (Å²) < 4.78 is 39.0. The lowest BCUT2D eigenvalue weighted by atomic mass is 10.2. The first-order chi connectivity index (χ1) is 14.4. The van der Waals surface area contributed by atoms with E-state index in [0.717, 1.165) is 23.1 Å². The zero-order chi connectivity index (χ0) is 21.1. The summed E-state index contributed by atoms with van der Waals surface area (Å²) >= 11 is 6.22. The van der Waals surface area contributed by atoms with Crippen LogP contribution in [0.25, 0.3) is 10.9 Å². The Hall–Kier alpha value is -3.32. The number of nitrogens with zero attached hydrogens (tertiary/aromatic N) is 2. The van der Waals surface area contributed by atoms with E-state index in [1.807, 2.05) is 42.5 Å². The van der Waals surface area contributed by atoms with Crippen LogP contribution in [0.3, 0.4) is 0 Å². The van der Waals surface area contributed by atoms with Crippen molar-refractivity contribution in [1.82, 2.24) is 9.97 Å². The zero-order valence-corrected chi connectivity index (χ0v) is 16.3. The number of hydrogen-bond acceptors (Lipinski definition) is 4. The molecule has 2 N–H and O–H groups in total. The Balaban J connectivity index is 1.66. The summed E-state index contributed by atoms with van der Waals surface area (Å²) in [4.78, 5) is 8.90. The molecule has 152 valence electrons. The molecular weight excluding hydrogens is 413 g/mol. The molecule has 0 saturated carbocycles. The van der Waals surface area contributed by atoms with Crippen LogP contribution < -0.4 is 10.6 Å². The molecular formula is C22H16ClF3N4. The Labute approximate surface area is 175 Å². The monoisotopic (exact) mass is 428 g/mol. The van der Waals surface area contributed by atoms with Crippen LogP contribution in [0.15, 0.2) is 72.8 Å². The second-order valence-electron chi connectivity index (χ2n) is 6.56. The smallest absolute Gasteiger partial charge is 0.365 e. The zero-order valence-electron chi connectivity index (χ0n) is 15.5. The van der Waals surface area contributed by atoms with Crippen molar-refractivity contribution < 1.29 is 13.2 Å². The number of fused-ring (bicyclic) bond motifs is 1. The van der Waals surface area contributed by atoms with E-state index < -0.39 is 11.7 Å². The normalized spacial score (nSPS) is 11.5. The Morgan fingerprint density at radius 2 is 1.63 bits per heavy atom. The largest absolute Gasteiger partial charge is 0.416 e. The highest BCUT2D eigenvalue weighted by atomic mass is 35.5. The Morgan fingerprint density at radius 1 is 0.867 bits per heavy atom. The van der Waals surface area contributed by atoms with Crippen LogP contribution in [0.5, 0.6) is 0 Å². The first kappa shape index (κ1) is 20.0. The molecule has 3 aromatic carbocycles. The van der Waals surface area contributed by atoms with E-state index in [2.05, 4.69) is 20.6 Å². The van der Waals surface area contributed by atoms with Crippen LogP contribution >= 0.6 is 11.6 Å². The lowest BCUT2D eigenvalue weighted by Gasteiger charge is -2.13. The molecule has 0 aliphatic carbocycles. The molecule has 1 aromatic heterocycles. The van der Waals surface area contributed by atoms with Gasteiger partial charge in [-0.3, -0.25) is 0 Å². The van der Waals surface area contributed by atoms with Crippen LogP contribution in [0, 0.1) is 0 Å². The lowest BCUT2D eigenvalue weighted by molar-refractivity contribution is -0.137. The van der Waals surface area contributed by atoms with E-state index in [-0.39, 0.29) is 11.6 Å². The molecule has 0 unspecified atom stereocenters. The molecule has 8 heteroatoms. The van der Waals surface area contributed by atoms with Crippen LogP contribution in [0.2, 0.25) is 5.02 Å². The number of rotatable bonds is 5. The number of aromatic nitrogens is 2. The molecule has 0 fully saturated rings. The number of halogens is 4. The number of hydrogen-bond donors (Lipinski definition) is 2. The predicted octanol–water partition coefficient (Wildman–Crippen LogP) is 6.66. The van der Waals surface area contributed by atoms with Crippen molar-refractivity contribution in [3.05, 3.63) is 88.9 Å². The summed E-state index contributed by atoms with van der Waals surface area (Å²) in [6, 6.07) is 19.7. The minimum absolute atomic E-state index is 0.190. The van der Waals surface area contributed by atoms with E-state index in [0.29, 0.717) is 22.9 Å². The van der Waals surface area contributed by atoms with Gasteiger partial charge >= 0.3 is 6.18 Å². The lowest BCUT2D eigenvalue weighted by Crippen LogP contribution is -2.07. The van der Waals surface area contributed by atoms with Gasteiger partial charge in [0.2, 0.25) is 5.95 Å². The van der Waals surface area contributed by atoms with Crippen molar-refractivity contribution in [2.45, 2.75) is 12.7 Å². The van der Waals surface area contributed by atoms with Gasteiger partial charge in [-0.2, -0.15) is 18.2 Å². The number of para-hydroxylation sites is 1. The highest BCUT2D eigenvalue weighted by molar-refractivity contribution is 6.31. The van der Waals surface area contributed by atoms with Gasteiger partial charge in [0.1, 0.15) is 5.82 Å². The first-order valence-electron chi connectivity index (χ1n) is 9.08. The maximum Gasteiger partial charge on any atom is 0.416 e. The fourth-order valence-electron chi connectivity index (χ4n) is 2.99. The molecule has 4 rings (SSSR count). The van der Waals surface area contributed by atoms with Crippen LogP contribution in [0.1, 0.15) is 11.1 Å². The number of nitrogens with one attached hydrogen (secondary N) is 2. The maximum absolute atomic E-state index is 13.0. The Morgan fingerprint density at radius 3 is 2.43 bits per heavy atom. The summed E-state index contributed by atoms with van der Waals surface area (Å²) in [5.74, 6) is 0.740. The predicted molar refractivity (Wildman–Crippen MR) is 113 cm³/mol. The van der Waals surface area contributed by atoms with Gasteiger partial charge in [0, 0.05) is 22.6 Å². The summed E-state index contributed by atoms with van der Waals surface area (Å²) in [5, 5.41) is 7.54. The van der Waals surface area contributed by atoms with E-state index in [1.165, 1.54) is 12.1 Å². The first-order valence-corrected chi connectivity index (χ1v) is 9.46. The van der Waals surface area contributed by atoms with Gasteiger partial charge in [-0.25, -0.2) is 4.98 Å². The average molecular weight is 429 g/mol. The van der Waals surface area contributed by atoms with Crippen LogP contribution in [0.4, 0.5) is 30.6 Å². The summed E-state index contributed by atoms with van der Waals surface area (Å²) in [7, 11) is 0. The van der Waals surface area contributed by atoms with Crippen molar-refractivity contribution >= 4 is 40.0 Å². The average Bonchev–Trinajstić information content (AvgIpc) is 2.72. The number of benzene rings is 3. The molecule has 0 aliphatic rings. The Bertz CT molecular complexity index is 1190. The third-order valence-corrected chi connectivity index (χ3v) is 4.82. The van der Waals surface area contributed by atoms with Crippen molar-refractivity contribution in [1.29, 1.82) is 0 Å². The van der Waals surface area contributed by atoms with Gasteiger partial charge in [-0.1, -0.05) is 48.0 Å². The molecule has 30 heavy (non-hydrogen) atoms. The summed E-state index contributed by atoms with van der Waals surface area (Å²) in [6.45, 7) is 0.434. The third-order valence-electron chi connectivity index (χ3n) is 4.45. The number of anilines is 3. The molecule has 0 atom stereocenters. The topological polar surface area (TPSA) is 49.8 Å². The van der Waals surface area contributed by atoms with Crippen LogP contribution in [-0.4, -0.2) is 9.97 Å². The summed E-state index contributed by atoms with van der Waals surface area (Å²) in [5.41, 5.74) is 1.06. The quantitative estimate of drug-likeness (QED) is 0.373. The number of alkyl halides is 3. The highest BCUT2D eigenvalue weighted by Gasteiger charge is 2.30. The van der Waals surface area contributed by atoms with Gasteiger partial charge < -0.3 is 10.6 Å². The fourth-order valence-corrected chi connectivity index (χ4v) is 3.19. The van der Waals surface area contributed by atoms with E-state index in [9.17, 15) is 13.2 Å². The third kappa shape index (κ3) is 4.46. The SMILES string of the molecule is FC(F)(F)c1cccc(Nc2nc(NCc3ccccc3Cl)c3ccccc3n2)c1. The second-order valence-corrected chi connectivity index (χ2v) is 6.97. The molecule has 1 heterocycles. The minimum Gasteiger partial charge on any atom is -0.365 e.